The molecule has 0 unspecified atom stereocenters. The highest BCUT2D eigenvalue weighted by Gasteiger charge is 2.36. The zero-order valence-electron chi connectivity index (χ0n) is 26.1. The van der Waals surface area contributed by atoms with Gasteiger partial charge in [-0.25, -0.2) is 4.99 Å². The van der Waals surface area contributed by atoms with Crippen LogP contribution >= 0.6 is 22.9 Å². The van der Waals surface area contributed by atoms with E-state index in [1.807, 2.05) is 112 Å². The minimum absolute atomic E-state index is 0.151. The van der Waals surface area contributed by atoms with Gasteiger partial charge in [0.25, 0.3) is 11.5 Å². The first-order chi connectivity index (χ1) is 22.3. The van der Waals surface area contributed by atoms with Crippen molar-refractivity contribution >= 4 is 45.7 Å². The lowest BCUT2D eigenvalue weighted by atomic mass is 9.90. The van der Waals surface area contributed by atoms with Crippen LogP contribution in [0.5, 0.6) is 11.5 Å². The molecule has 0 saturated carbocycles. The third kappa shape index (κ3) is 5.86. The van der Waals surface area contributed by atoms with E-state index in [4.69, 9.17) is 26.1 Å². The molecule has 4 aromatic carbocycles. The van der Waals surface area contributed by atoms with Crippen molar-refractivity contribution in [3.63, 3.8) is 0 Å². The standard InChI is InChI=1S/C37H34ClN3O4S/c1-5-40(6-2)36(43)32-23(3)39-37-41(34(32)33-28-13-9-7-11-25(28)17-20-30(33)44-4)35(42)31(46-37)21-26-12-8-10-14-29(26)45-22-24-15-18-27(38)19-16-24/h7-21,34H,5-6,22H2,1-4H3/b31-21+/t34-/m1/s1. The molecule has 6 rings (SSSR count). The molecule has 234 valence electrons. The highest BCUT2D eigenvalue weighted by atomic mass is 35.5. The largest absolute Gasteiger partial charge is 0.496 e. The summed E-state index contributed by atoms with van der Waals surface area (Å²) >= 11 is 7.34. The number of para-hydroxylation sites is 1. The summed E-state index contributed by atoms with van der Waals surface area (Å²) in [6.07, 6.45) is 1.84. The fraction of sp³-hybridized carbons (Fsp3) is 0.216. The maximum absolute atomic E-state index is 14.5. The molecule has 2 heterocycles. The second-order valence-electron chi connectivity index (χ2n) is 10.9. The van der Waals surface area contributed by atoms with Crippen molar-refractivity contribution in [2.45, 2.75) is 33.4 Å². The van der Waals surface area contributed by atoms with E-state index in [9.17, 15) is 9.59 Å². The number of carbonyl (C=O) groups excluding carboxylic acids is 1. The highest BCUT2D eigenvalue weighted by molar-refractivity contribution is 7.07. The molecule has 1 atom stereocenters. The molecule has 0 radical (unpaired) electrons. The summed E-state index contributed by atoms with van der Waals surface area (Å²) in [7, 11) is 1.61. The van der Waals surface area contributed by atoms with Crippen LogP contribution in [0.15, 0.2) is 106 Å². The van der Waals surface area contributed by atoms with Crippen molar-refractivity contribution in [3.8, 4) is 11.5 Å². The van der Waals surface area contributed by atoms with Crippen LogP contribution in [0.2, 0.25) is 5.02 Å². The number of fused-ring (bicyclic) bond motifs is 2. The Morgan fingerprint density at radius 1 is 0.978 bits per heavy atom. The lowest BCUT2D eigenvalue weighted by Gasteiger charge is -2.30. The number of allylic oxidation sites excluding steroid dienone is 1. The lowest BCUT2D eigenvalue weighted by Crippen LogP contribution is -2.43. The zero-order chi connectivity index (χ0) is 32.4. The van der Waals surface area contributed by atoms with Crippen molar-refractivity contribution < 1.29 is 14.3 Å². The van der Waals surface area contributed by atoms with Crippen LogP contribution in [-0.4, -0.2) is 35.6 Å². The first kappa shape index (κ1) is 31.3. The van der Waals surface area contributed by atoms with Gasteiger partial charge in [-0.1, -0.05) is 83.6 Å². The number of thiazole rings is 1. The fourth-order valence-corrected chi connectivity index (χ4v) is 7.06. The lowest BCUT2D eigenvalue weighted by molar-refractivity contribution is -0.127. The SMILES string of the molecule is CCN(CC)C(=O)C1=C(C)N=c2s/c(=C/c3ccccc3OCc3ccc(Cl)cc3)c(=O)n2[C@H]1c1c(OC)ccc2ccccc12. The normalized spacial score (nSPS) is 14.6. The molecule has 1 aromatic heterocycles. The third-order valence-electron chi connectivity index (χ3n) is 8.24. The van der Waals surface area contributed by atoms with E-state index in [2.05, 4.69) is 0 Å². The predicted octanol–water partition coefficient (Wildman–Crippen LogP) is 6.50. The van der Waals surface area contributed by atoms with Crippen LogP contribution in [0, 0.1) is 0 Å². The topological polar surface area (TPSA) is 73.1 Å². The highest BCUT2D eigenvalue weighted by Crippen LogP contribution is 2.40. The molecule has 9 heteroatoms. The molecule has 1 aliphatic rings. The number of rotatable bonds is 9. The van der Waals surface area contributed by atoms with Gasteiger partial charge in [-0.3, -0.25) is 14.2 Å². The Labute approximate surface area is 276 Å². The number of amides is 1. The minimum atomic E-state index is -0.746. The van der Waals surface area contributed by atoms with Gasteiger partial charge >= 0.3 is 0 Å². The maximum Gasteiger partial charge on any atom is 0.271 e. The van der Waals surface area contributed by atoms with Gasteiger partial charge < -0.3 is 14.4 Å². The maximum atomic E-state index is 14.5. The number of hydrogen-bond donors (Lipinski definition) is 0. The smallest absolute Gasteiger partial charge is 0.271 e. The number of carbonyl (C=O) groups is 1. The third-order valence-corrected chi connectivity index (χ3v) is 9.47. The summed E-state index contributed by atoms with van der Waals surface area (Å²) in [6.45, 7) is 7.16. The molecule has 1 amide bonds. The van der Waals surface area contributed by atoms with E-state index >= 15 is 0 Å². The Hall–Kier alpha value is -4.66. The van der Waals surface area contributed by atoms with Gasteiger partial charge in [-0.2, -0.15) is 0 Å². The zero-order valence-corrected chi connectivity index (χ0v) is 27.7. The van der Waals surface area contributed by atoms with Gasteiger partial charge in [0.1, 0.15) is 24.1 Å². The average molecular weight is 652 g/mol. The second kappa shape index (κ2) is 13.4. The molecule has 0 aliphatic carbocycles. The van der Waals surface area contributed by atoms with Gasteiger partial charge in [-0.05, 0) is 67.4 Å². The Morgan fingerprint density at radius 2 is 1.70 bits per heavy atom. The fourth-order valence-electron chi connectivity index (χ4n) is 5.90. The molecule has 1 aliphatic heterocycles. The molecule has 0 N–H and O–H groups in total. The summed E-state index contributed by atoms with van der Waals surface area (Å²) in [6, 6.07) is 26.2. The van der Waals surface area contributed by atoms with E-state index in [1.54, 1.807) is 16.6 Å². The van der Waals surface area contributed by atoms with Crippen molar-refractivity contribution in [2.24, 2.45) is 4.99 Å². The Kier molecular flexibility index (Phi) is 9.10. The van der Waals surface area contributed by atoms with Gasteiger partial charge in [0.05, 0.1) is 22.9 Å². The number of nitrogens with zero attached hydrogens (tertiary/aromatic N) is 3. The van der Waals surface area contributed by atoms with Crippen LogP contribution in [-0.2, 0) is 11.4 Å². The molecular formula is C37H34ClN3O4S. The molecule has 0 spiro atoms. The van der Waals surface area contributed by atoms with E-state index in [-0.39, 0.29) is 11.5 Å². The van der Waals surface area contributed by atoms with Crippen molar-refractivity contribution in [1.29, 1.82) is 0 Å². The van der Waals surface area contributed by atoms with Crippen LogP contribution < -0.4 is 24.4 Å². The number of ether oxygens (including phenoxy) is 2. The molecule has 7 nitrogen and oxygen atoms in total. The predicted molar refractivity (Wildman–Crippen MR) is 184 cm³/mol. The van der Waals surface area contributed by atoms with E-state index in [0.29, 0.717) is 56.8 Å². The summed E-state index contributed by atoms with van der Waals surface area (Å²) < 4.78 is 14.2. The molecule has 0 saturated heterocycles. The molecule has 0 fully saturated rings. The van der Waals surface area contributed by atoms with Gasteiger partial charge in [0, 0.05) is 29.2 Å². The summed E-state index contributed by atoms with van der Waals surface area (Å²) in [5, 5.41) is 2.55. The van der Waals surface area contributed by atoms with Gasteiger partial charge in [0.15, 0.2) is 4.80 Å². The summed E-state index contributed by atoms with van der Waals surface area (Å²) in [5.74, 6) is 1.09. The van der Waals surface area contributed by atoms with Crippen LogP contribution in [0.1, 0.15) is 43.5 Å². The quantitative estimate of drug-likeness (QED) is 0.183. The van der Waals surface area contributed by atoms with E-state index in [0.717, 1.165) is 27.5 Å². The number of halogens is 1. The van der Waals surface area contributed by atoms with E-state index in [1.165, 1.54) is 11.3 Å². The van der Waals surface area contributed by atoms with Crippen LogP contribution in [0.4, 0.5) is 0 Å². The second-order valence-corrected chi connectivity index (χ2v) is 12.4. The molecule has 46 heavy (non-hydrogen) atoms. The average Bonchev–Trinajstić information content (AvgIpc) is 3.38. The summed E-state index contributed by atoms with van der Waals surface area (Å²) in [4.78, 5) is 35.8. The Balaban J connectivity index is 1.54. The number of hydrogen-bond acceptors (Lipinski definition) is 6. The van der Waals surface area contributed by atoms with E-state index < -0.39 is 6.04 Å². The Morgan fingerprint density at radius 3 is 2.43 bits per heavy atom. The molecule has 5 aromatic rings. The number of likely N-dealkylation sites (N-methyl/N-ethyl adjacent to an activating group) is 1. The Bertz CT molecular complexity index is 2150. The minimum Gasteiger partial charge on any atom is -0.496 e. The van der Waals surface area contributed by atoms with Gasteiger partial charge in [0.2, 0.25) is 0 Å². The van der Waals surface area contributed by atoms with Crippen molar-refractivity contribution in [2.75, 3.05) is 20.2 Å². The van der Waals surface area contributed by atoms with Crippen LogP contribution in [0.3, 0.4) is 0 Å². The first-order valence-corrected chi connectivity index (χ1v) is 16.4. The number of methoxy groups -OCH3 is 1. The number of aromatic nitrogens is 1. The monoisotopic (exact) mass is 651 g/mol. The van der Waals surface area contributed by atoms with Crippen molar-refractivity contribution in [3.05, 3.63) is 138 Å². The van der Waals surface area contributed by atoms with Crippen LogP contribution in [0.25, 0.3) is 16.8 Å². The molecule has 0 bridgehead atoms. The first-order valence-electron chi connectivity index (χ1n) is 15.2. The molecular weight excluding hydrogens is 618 g/mol. The summed E-state index contributed by atoms with van der Waals surface area (Å²) in [5.41, 5.74) is 3.29. The number of benzene rings is 4. The van der Waals surface area contributed by atoms with Crippen molar-refractivity contribution in [1.82, 2.24) is 9.47 Å². The van der Waals surface area contributed by atoms with Gasteiger partial charge in [-0.15, -0.1) is 0 Å².